The van der Waals surface area contributed by atoms with Gasteiger partial charge in [-0.05, 0) is 56.7 Å². The van der Waals surface area contributed by atoms with Gasteiger partial charge in [-0.3, -0.25) is 0 Å². The van der Waals surface area contributed by atoms with E-state index in [0.717, 1.165) is 19.6 Å². The van der Waals surface area contributed by atoms with Crippen molar-refractivity contribution in [1.29, 1.82) is 0 Å². The summed E-state index contributed by atoms with van der Waals surface area (Å²) < 4.78 is 0. The van der Waals surface area contributed by atoms with Gasteiger partial charge in [0.1, 0.15) is 0 Å². The van der Waals surface area contributed by atoms with Gasteiger partial charge in [0.25, 0.3) is 0 Å². The van der Waals surface area contributed by atoms with Crippen LogP contribution in [0.4, 0.5) is 11.4 Å². The van der Waals surface area contributed by atoms with E-state index in [9.17, 15) is 0 Å². The monoisotopic (exact) mass is 361 g/mol. The van der Waals surface area contributed by atoms with E-state index in [2.05, 4.69) is 72.2 Å². The van der Waals surface area contributed by atoms with E-state index in [0.29, 0.717) is 0 Å². The quantitative estimate of drug-likeness (QED) is 0.699. The Balaban J connectivity index is 0.00000208. The molecular weight excluding hydrogens is 336 g/mol. The first kappa shape index (κ1) is 19.2. The summed E-state index contributed by atoms with van der Waals surface area (Å²) in [6.07, 6.45) is 2.49. The molecule has 0 amide bonds. The molecule has 4 heteroatoms. The largest absolute Gasteiger partial charge is 1.00 e. The minimum Gasteiger partial charge on any atom is -1.00 e. The van der Waals surface area contributed by atoms with Crippen molar-refractivity contribution < 1.29 is 12.4 Å². The maximum Gasteiger partial charge on any atom is 0.0552 e. The number of nitrogens with zero attached hydrogens (tertiary/aromatic N) is 2. The van der Waals surface area contributed by atoms with Crippen LogP contribution in [0.1, 0.15) is 26.7 Å². The summed E-state index contributed by atoms with van der Waals surface area (Å²) in [5.41, 5.74) is 2.72. The fourth-order valence-electron chi connectivity index (χ4n) is 3.17. The highest BCUT2D eigenvalue weighted by Crippen LogP contribution is 2.47. The van der Waals surface area contributed by atoms with Gasteiger partial charge in [0, 0.05) is 16.3 Å². The number of hydrogen-bond acceptors (Lipinski definition) is 3. The van der Waals surface area contributed by atoms with E-state index < -0.39 is 0 Å². The maximum atomic E-state index is 2.51. The lowest BCUT2D eigenvalue weighted by molar-refractivity contribution is -0.00000470. The number of hydrogen-bond donors (Lipinski definition) is 0. The highest BCUT2D eigenvalue weighted by Gasteiger charge is 2.22. The Bertz CT molecular complexity index is 598. The lowest BCUT2D eigenvalue weighted by Crippen LogP contribution is -3.00. The first-order valence-corrected chi connectivity index (χ1v) is 9.51. The van der Waals surface area contributed by atoms with Crippen molar-refractivity contribution >= 4 is 23.1 Å². The molecule has 0 aliphatic carbocycles. The van der Waals surface area contributed by atoms with Gasteiger partial charge in [0.2, 0.25) is 0 Å². The molecule has 0 atom stereocenters. The van der Waals surface area contributed by atoms with Gasteiger partial charge in [-0.25, -0.2) is 0 Å². The smallest absolute Gasteiger partial charge is 0.0552 e. The molecule has 0 spiro atoms. The summed E-state index contributed by atoms with van der Waals surface area (Å²) in [5.74, 6) is 0. The molecule has 1 heterocycles. The normalized spacial score (nSPS) is 12.5. The zero-order valence-electron chi connectivity index (χ0n) is 14.5. The first-order chi connectivity index (χ1) is 11.3. The molecule has 3 rings (SSSR count). The van der Waals surface area contributed by atoms with Crippen molar-refractivity contribution in [1.82, 2.24) is 4.90 Å². The lowest BCUT2D eigenvalue weighted by atomic mass is 10.2. The summed E-state index contributed by atoms with van der Waals surface area (Å²) in [4.78, 5) is 7.75. The fraction of sp³-hybridized carbons (Fsp3) is 0.400. The number of unbranched alkanes of at least 4 members (excludes halogenated alkanes) is 1. The van der Waals surface area contributed by atoms with Crippen LogP contribution in [0.5, 0.6) is 0 Å². The molecule has 2 aromatic rings. The molecule has 0 fully saturated rings. The van der Waals surface area contributed by atoms with Crippen LogP contribution < -0.4 is 17.3 Å². The molecule has 2 nitrogen and oxygen atoms in total. The van der Waals surface area contributed by atoms with Crippen LogP contribution in [0, 0.1) is 0 Å². The molecule has 0 aromatic heterocycles. The van der Waals surface area contributed by atoms with Crippen molar-refractivity contribution in [2.45, 2.75) is 36.5 Å². The second kappa shape index (κ2) is 9.36. The predicted molar refractivity (Wildman–Crippen MR) is 101 cm³/mol. The van der Waals surface area contributed by atoms with Crippen LogP contribution in [0.2, 0.25) is 0 Å². The zero-order valence-corrected chi connectivity index (χ0v) is 16.1. The minimum absolute atomic E-state index is 0. The SMILES string of the molecule is CCN(CC)CCCCN1c2ccccc2Sc2ccccc21.[Cl-]. The number of fused-ring (bicyclic) bond motifs is 2. The summed E-state index contributed by atoms with van der Waals surface area (Å²) in [6, 6.07) is 17.5. The molecule has 130 valence electrons. The Kier molecular flexibility index (Phi) is 7.47. The molecule has 0 bridgehead atoms. The average Bonchev–Trinajstić information content (AvgIpc) is 2.61. The Labute approximate surface area is 156 Å². The van der Waals surface area contributed by atoms with Crippen molar-refractivity contribution in [2.24, 2.45) is 0 Å². The van der Waals surface area contributed by atoms with Crippen molar-refractivity contribution in [3.8, 4) is 0 Å². The van der Waals surface area contributed by atoms with Crippen LogP contribution in [0.25, 0.3) is 0 Å². The van der Waals surface area contributed by atoms with Crippen molar-refractivity contribution in [2.75, 3.05) is 31.1 Å². The lowest BCUT2D eigenvalue weighted by Gasteiger charge is -2.33. The van der Waals surface area contributed by atoms with Gasteiger partial charge in [-0.15, -0.1) is 0 Å². The third-order valence-corrected chi connectivity index (χ3v) is 5.66. The summed E-state index contributed by atoms with van der Waals surface area (Å²) >= 11 is 1.89. The molecule has 0 radical (unpaired) electrons. The van der Waals surface area contributed by atoms with Crippen LogP contribution >= 0.6 is 11.8 Å². The average molecular weight is 362 g/mol. The fourth-order valence-corrected chi connectivity index (χ4v) is 4.26. The molecule has 0 saturated carbocycles. The van der Waals surface area contributed by atoms with Crippen LogP contribution in [0.15, 0.2) is 58.3 Å². The molecular formula is C20H26ClN2S-. The Hall–Kier alpha value is -1.16. The van der Waals surface area contributed by atoms with Crippen molar-refractivity contribution in [3.63, 3.8) is 0 Å². The molecule has 0 N–H and O–H groups in total. The van der Waals surface area contributed by atoms with Gasteiger partial charge < -0.3 is 22.2 Å². The van der Waals surface area contributed by atoms with Gasteiger partial charge in [-0.2, -0.15) is 0 Å². The molecule has 24 heavy (non-hydrogen) atoms. The highest BCUT2D eigenvalue weighted by molar-refractivity contribution is 7.99. The van der Waals surface area contributed by atoms with E-state index in [1.54, 1.807) is 0 Å². The van der Waals surface area contributed by atoms with Crippen LogP contribution in [-0.2, 0) is 0 Å². The van der Waals surface area contributed by atoms with Gasteiger partial charge in [-0.1, -0.05) is 49.9 Å². The van der Waals surface area contributed by atoms with E-state index in [4.69, 9.17) is 0 Å². The van der Waals surface area contributed by atoms with E-state index in [1.165, 1.54) is 40.6 Å². The Morgan fingerprint density at radius 1 is 0.833 bits per heavy atom. The van der Waals surface area contributed by atoms with Gasteiger partial charge in [0.05, 0.1) is 11.4 Å². The topological polar surface area (TPSA) is 6.48 Å². The molecule has 2 aromatic carbocycles. The Morgan fingerprint density at radius 2 is 1.38 bits per heavy atom. The number of rotatable bonds is 7. The summed E-state index contributed by atoms with van der Waals surface area (Å²) in [6.45, 7) is 9.11. The van der Waals surface area contributed by atoms with E-state index in [-0.39, 0.29) is 12.4 Å². The molecule has 1 aliphatic heterocycles. The number of anilines is 2. The summed E-state index contributed by atoms with van der Waals surface area (Å²) in [7, 11) is 0. The third-order valence-electron chi connectivity index (χ3n) is 4.53. The second-order valence-electron chi connectivity index (χ2n) is 5.92. The highest BCUT2D eigenvalue weighted by atomic mass is 35.5. The molecule has 1 aliphatic rings. The second-order valence-corrected chi connectivity index (χ2v) is 7.01. The molecule has 0 saturated heterocycles. The van der Waals surface area contributed by atoms with E-state index >= 15 is 0 Å². The first-order valence-electron chi connectivity index (χ1n) is 8.69. The third kappa shape index (κ3) is 4.27. The number of benzene rings is 2. The number of para-hydroxylation sites is 2. The maximum absolute atomic E-state index is 2.51. The van der Waals surface area contributed by atoms with Crippen LogP contribution in [-0.4, -0.2) is 31.1 Å². The summed E-state index contributed by atoms with van der Waals surface area (Å²) in [5, 5.41) is 0. The Morgan fingerprint density at radius 3 is 1.92 bits per heavy atom. The number of halogens is 1. The van der Waals surface area contributed by atoms with E-state index in [1.807, 2.05) is 11.8 Å². The minimum atomic E-state index is 0. The van der Waals surface area contributed by atoms with Gasteiger partial charge >= 0.3 is 0 Å². The molecule has 0 unspecified atom stereocenters. The standard InChI is InChI=1S/C20H26N2S.ClH/c1-3-21(4-2)15-9-10-16-22-17-11-5-7-13-19(17)23-20-14-8-6-12-18(20)22;/h5-8,11-14H,3-4,9-10,15-16H2,1-2H3;1H/p-1. The van der Waals surface area contributed by atoms with Gasteiger partial charge in [0.15, 0.2) is 0 Å². The van der Waals surface area contributed by atoms with Crippen molar-refractivity contribution in [3.05, 3.63) is 48.5 Å². The van der Waals surface area contributed by atoms with Crippen LogP contribution in [0.3, 0.4) is 0 Å². The zero-order chi connectivity index (χ0) is 16.1. The predicted octanol–water partition coefficient (Wildman–Crippen LogP) is 2.42.